The fraction of sp³-hybridized carbons (Fsp3) is 0.429. The molecule has 1 saturated heterocycles. The van der Waals surface area contributed by atoms with Gasteiger partial charge in [-0.25, -0.2) is 0 Å². The molecule has 7 heteroatoms. The van der Waals surface area contributed by atoms with E-state index in [0.717, 1.165) is 38.5 Å². The summed E-state index contributed by atoms with van der Waals surface area (Å²) in [4.78, 5) is 4.62. The maximum absolute atomic E-state index is 12.5. The van der Waals surface area contributed by atoms with Crippen LogP contribution in [0.15, 0.2) is 54.6 Å². The zero-order valence-corrected chi connectivity index (χ0v) is 15.7. The minimum Gasteiger partial charge on any atom is -0.492 e. The molecule has 0 unspecified atom stereocenters. The lowest BCUT2D eigenvalue weighted by molar-refractivity contribution is -0.274. The Morgan fingerprint density at radius 1 is 0.786 bits per heavy atom. The van der Waals surface area contributed by atoms with Crippen LogP contribution in [0.2, 0.25) is 0 Å². The van der Waals surface area contributed by atoms with Gasteiger partial charge in [0, 0.05) is 39.3 Å². The topological polar surface area (TPSA) is 24.9 Å². The predicted octanol–water partition coefficient (Wildman–Crippen LogP) is 3.82. The van der Waals surface area contributed by atoms with Gasteiger partial charge in [0.1, 0.15) is 18.1 Å². The molecule has 0 bridgehead atoms. The smallest absolute Gasteiger partial charge is 0.492 e. The van der Waals surface area contributed by atoms with E-state index in [1.54, 1.807) is 18.2 Å². The highest BCUT2D eigenvalue weighted by atomic mass is 19.4. The van der Waals surface area contributed by atoms with E-state index < -0.39 is 6.36 Å². The SMILES string of the molecule is FC(F)(F)Oc1ccccc1CCN1CCN(CCOc2ccccc2)CC1. The molecule has 1 fully saturated rings. The second-order valence-electron chi connectivity index (χ2n) is 6.75. The summed E-state index contributed by atoms with van der Waals surface area (Å²) in [6.07, 6.45) is -4.13. The first-order chi connectivity index (χ1) is 13.5. The van der Waals surface area contributed by atoms with E-state index in [1.807, 2.05) is 30.3 Å². The monoisotopic (exact) mass is 394 g/mol. The third-order valence-corrected chi connectivity index (χ3v) is 4.78. The Morgan fingerprint density at radius 2 is 1.39 bits per heavy atom. The Balaban J connectivity index is 1.38. The molecule has 1 aliphatic heterocycles. The van der Waals surface area contributed by atoms with Crippen molar-refractivity contribution in [2.75, 3.05) is 45.9 Å². The molecule has 0 spiro atoms. The molecule has 152 valence electrons. The van der Waals surface area contributed by atoms with Crippen molar-refractivity contribution in [3.8, 4) is 11.5 Å². The van der Waals surface area contributed by atoms with E-state index in [-0.39, 0.29) is 5.75 Å². The van der Waals surface area contributed by atoms with Crippen LogP contribution in [-0.2, 0) is 6.42 Å². The molecule has 0 N–H and O–H groups in total. The van der Waals surface area contributed by atoms with Crippen LogP contribution in [-0.4, -0.2) is 62.0 Å². The van der Waals surface area contributed by atoms with Crippen molar-refractivity contribution in [3.63, 3.8) is 0 Å². The standard InChI is InChI=1S/C21H25F3N2O2/c22-21(23,24)28-20-9-5-4-6-18(20)10-11-25-12-14-26(15-13-25)16-17-27-19-7-2-1-3-8-19/h1-9H,10-17H2. The van der Waals surface area contributed by atoms with Gasteiger partial charge < -0.3 is 14.4 Å². The highest BCUT2D eigenvalue weighted by Crippen LogP contribution is 2.26. The van der Waals surface area contributed by atoms with E-state index >= 15 is 0 Å². The fourth-order valence-corrected chi connectivity index (χ4v) is 3.26. The molecule has 0 atom stereocenters. The zero-order valence-electron chi connectivity index (χ0n) is 15.7. The molecule has 0 aromatic heterocycles. The van der Waals surface area contributed by atoms with Crippen LogP contribution >= 0.6 is 0 Å². The lowest BCUT2D eigenvalue weighted by atomic mass is 10.1. The van der Waals surface area contributed by atoms with Crippen LogP contribution in [0.4, 0.5) is 13.2 Å². The first-order valence-electron chi connectivity index (χ1n) is 9.46. The molecule has 2 aromatic carbocycles. The molecule has 0 radical (unpaired) electrons. The molecule has 2 aromatic rings. The lowest BCUT2D eigenvalue weighted by Crippen LogP contribution is -2.47. The zero-order chi connectivity index (χ0) is 19.8. The van der Waals surface area contributed by atoms with E-state index in [0.29, 0.717) is 25.1 Å². The van der Waals surface area contributed by atoms with Gasteiger partial charge in [-0.1, -0.05) is 36.4 Å². The fourth-order valence-electron chi connectivity index (χ4n) is 3.26. The van der Waals surface area contributed by atoms with E-state index in [4.69, 9.17) is 4.74 Å². The number of hydrogen-bond donors (Lipinski definition) is 0. The third-order valence-electron chi connectivity index (χ3n) is 4.78. The van der Waals surface area contributed by atoms with Crippen LogP contribution in [0.25, 0.3) is 0 Å². The molecule has 28 heavy (non-hydrogen) atoms. The second-order valence-corrected chi connectivity index (χ2v) is 6.75. The second kappa shape index (κ2) is 9.80. The van der Waals surface area contributed by atoms with Crippen LogP contribution < -0.4 is 9.47 Å². The van der Waals surface area contributed by atoms with Crippen molar-refractivity contribution in [2.45, 2.75) is 12.8 Å². The van der Waals surface area contributed by atoms with E-state index in [9.17, 15) is 13.2 Å². The van der Waals surface area contributed by atoms with Gasteiger partial charge in [0.25, 0.3) is 0 Å². The lowest BCUT2D eigenvalue weighted by Gasteiger charge is -2.34. The molecule has 0 amide bonds. The van der Waals surface area contributed by atoms with Gasteiger partial charge in [0.05, 0.1) is 0 Å². The van der Waals surface area contributed by atoms with Crippen molar-refractivity contribution < 1.29 is 22.6 Å². The van der Waals surface area contributed by atoms with Gasteiger partial charge in [0.15, 0.2) is 0 Å². The number of piperazine rings is 1. The van der Waals surface area contributed by atoms with Gasteiger partial charge in [-0.3, -0.25) is 4.90 Å². The number of nitrogens with zero attached hydrogens (tertiary/aromatic N) is 2. The van der Waals surface area contributed by atoms with Gasteiger partial charge in [-0.05, 0) is 30.2 Å². The summed E-state index contributed by atoms with van der Waals surface area (Å²) in [6, 6.07) is 16.1. The number of para-hydroxylation sites is 2. The van der Waals surface area contributed by atoms with Crippen molar-refractivity contribution in [1.82, 2.24) is 9.80 Å². The molecule has 1 heterocycles. The average molecular weight is 394 g/mol. The maximum atomic E-state index is 12.5. The van der Waals surface area contributed by atoms with Crippen LogP contribution in [0.3, 0.4) is 0 Å². The van der Waals surface area contributed by atoms with Gasteiger partial charge >= 0.3 is 6.36 Å². The van der Waals surface area contributed by atoms with Crippen LogP contribution in [0.5, 0.6) is 11.5 Å². The summed E-state index contributed by atoms with van der Waals surface area (Å²) < 4.78 is 47.4. The summed E-state index contributed by atoms with van der Waals surface area (Å²) in [5.74, 6) is 0.771. The van der Waals surface area contributed by atoms with Crippen molar-refractivity contribution in [2.24, 2.45) is 0 Å². The normalized spacial score (nSPS) is 16.1. The van der Waals surface area contributed by atoms with Gasteiger partial charge in [-0.2, -0.15) is 0 Å². The molecule has 0 saturated carbocycles. The van der Waals surface area contributed by atoms with Crippen molar-refractivity contribution in [1.29, 1.82) is 0 Å². The quantitative estimate of drug-likeness (QED) is 0.680. The summed E-state index contributed by atoms with van der Waals surface area (Å²) in [5.41, 5.74) is 0.582. The van der Waals surface area contributed by atoms with Gasteiger partial charge in [-0.15, -0.1) is 13.2 Å². The molecule has 4 nitrogen and oxygen atoms in total. The summed E-state index contributed by atoms with van der Waals surface area (Å²) in [5, 5.41) is 0. The molecular weight excluding hydrogens is 369 g/mol. The summed E-state index contributed by atoms with van der Waals surface area (Å²) >= 11 is 0. The Hall–Kier alpha value is -2.25. The van der Waals surface area contributed by atoms with E-state index in [1.165, 1.54) is 6.07 Å². The molecule has 1 aliphatic rings. The van der Waals surface area contributed by atoms with Crippen LogP contribution in [0, 0.1) is 0 Å². The number of hydrogen-bond acceptors (Lipinski definition) is 4. The molecular formula is C21H25F3N2O2. The number of ether oxygens (including phenoxy) is 2. The highest BCUT2D eigenvalue weighted by Gasteiger charge is 2.32. The number of benzene rings is 2. The average Bonchev–Trinajstić information content (AvgIpc) is 2.68. The molecule has 0 aliphatic carbocycles. The number of alkyl halides is 3. The van der Waals surface area contributed by atoms with Crippen molar-refractivity contribution in [3.05, 3.63) is 60.2 Å². The predicted molar refractivity (Wildman–Crippen MR) is 102 cm³/mol. The minimum atomic E-state index is -4.66. The Morgan fingerprint density at radius 3 is 2.07 bits per heavy atom. The number of halogens is 3. The first-order valence-corrected chi connectivity index (χ1v) is 9.46. The van der Waals surface area contributed by atoms with Crippen LogP contribution in [0.1, 0.15) is 5.56 Å². The Bertz CT molecular complexity index is 717. The third kappa shape index (κ3) is 6.73. The summed E-state index contributed by atoms with van der Waals surface area (Å²) in [6.45, 7) is 5.88. The molecule has 3 rings (SSSR count). The Kier molecular flexibility index (Phi) is 7.17. The summed E-state index contributed by atoms with van der Waals surface area (Å²) in [7, 11) is 0. The Labute approximate surface area is 163 Å². The number of rotatable bonds is 8. The first kappa shape index (κ1) is 20.5. The van der Waals surface area contributed by atoms with Crippen molar-refractivity contribution >= 4 is 0 Å². The van der Waals surface area contributed by atoms with Gasteiger partial charge in [0.2, 0.25) is 0 Å². The maximum Gasteiger partial charge on any atom is 0.573 e. The largest absolute Gasteiger partial charge is 0.573 e. The minimum absolute atomic E-state index is 0.105. The highest BCUT2D eigenvalue weighted by molar-refractivity contribution is 5.33. The van der Waals surface area contributed by atoms with E-state index in [2.05, 4.69) is 14.5 Å².